The van der Waals surface area contributed by atoms with E-state index in [-0.39, 0.29) is 5.56 Å². The smallest absolute Gasteiger partial charge is 0.267 e. The Hall–Kier alpha value is -1.77. The Balaban J connectivity index is 1.17. The summed E-state index contributed by atoms with van der Waals surface area (Å²) in [5.74, 6) is 0. The highest BCUT2D eigenvalue weighted by Crippen LogP contribution is 2.30. The van der Waals surface area contributed by atoms with Gasteiger partial charge < -0.3 is 9.64 Å². The normalized spacial score (nSPS) is 19.9. The van der Waals surface area contributed by atoms with Crippen molar-refractivity contribution in [2.75, 3.05) is 44.2 Å². The van der Waals surface area contributed by atoms with E-state index in [9.17, 15) is 4.79 Å². The second-order valence-corrected chi connectivity index (χ2v) is 8.59. The summed E-state index contributed by atoms with van der Waals surface area (Å²) >= 11 is 1.78. The third-order valence-corrected chi connectivity index (χ3v) is 6.91. The Morgan fingerprint density at radius 2 is 1.96 bits per heavy atom. The van der Waals surface area contributed by atoms with E-state index in [1.807, 2.05) is 0 Å². The van der Waals surface area contributed by atoms with Gasteiger partial charge >= 0.3 is 0 Å². The molecule has 3 aliphatic rings. The zero-order valence-electron chi connectivity index (χ0n) is 15.5. The molecule has 8 heteroatoms. The summed E-state index contributed by atoms with van der Waals surface area (Å²) in [5.41, 5.74) is 3.55. The van der Waals surface area contributed by atoms with E-state index in [2.05, 4.69) is 14.9 Å². The summed E-state index contributed by atoms with van der Waals surface area (Å²) in [6.07, 6.45) is 4.08. The molecule has 144 valence electrons. The van der Waals surface area contributed by atoms with Crippen molar-refractivity contribution in [2.45, 2.75) is 38.8 Å². The number of hydrogen-bond acceptors (Lipinski definition) is 7. The second-order valence-electron chi connectivity index (χ2n) is 7.53. The van der Waals surface area contributed by atoms with Gasteiger partial charge in [-0.25, -0.2) is 9.67 Å². The molecule has 1 saturated heterocycles. The van der Waals surface area contributed by atoms with Gasteiger partial charge in [-0.15, -0.1) is 0 Å². The zero-order chi connectivity index (χ0) is 18.2. The van der Waals surface area contributed by atoms with Crippen LogP contribution < -0.4 is 10.5 Å². The maximum Gasteiger partial charge on any atom is 0.267 e. The van der Waals surface area contributed by atoms with Crippen molar-refractivity contribution in [1.82, 2.24) is 19.7 Å². The first-order chi connectivity index (χ1) is 13.3. The molecule has 0 N–H and O–H groups in total. The average Bonchev–Trinajstić information content (AvgIpc) is 3.32. The van der Waals surface area contributed by atoms with Crippen LogP contribution in [0.2, 0.25) is 0 Å². The van der Waals surface area contributed by atoms with E-state index >= 15 is 0 Å². The number of aromatic nitrogens is 3. The molecular formula is C19H25N5O2S. The zero-order valence-corrected chi connectivity index (χ0v) is 16.3. The lowest BCUT2D eigenvalue weighted by Gasteiger charge is -2.34. The molecule has 0 atom stereocenters. The fraction of sp³-hybridized carbons (Fsp3) is 0.632. The molecule has 0 radical (unpaired) electrons. The molecule has 2 aromatic rings. The molecular weight excluding hydrogens is 362 g/mol. The molecule has 27 heavy (non-hydrogen) atoms. The van der Waals surface area contributed by atoms with Gasteiger partial charge in [0.25, 0.3) is 5.56 Å². The quantitative estimate of drug-likeness (QED) is 0.782. The first-order valence-corrected chi connectivity index (χ1v) is 10.7. The maximum atomic E-state index is 12.2. The summed E-state index contributed by atoms with van der Waals surface area (Å²) in [5, 5.41) is 5.72. The van der Waals surface area contributed by atoms with E-state index < -0.39 is 0 Å². The number of aryl methyl sites for hydroxylation is 2. The van der Waals surface area contributed by atoms with Gasteiger partial charge in [-0.1, -0.05) is 11.3 Å². The molecule has 0 unspecified atom stereocenters. The predicted molar refractivity (Wildman–Crippen MR) is 105 cm³/mol. The SMILES string of the molecule is O=c1cc2c(nn1CCN1CCN(c3nc4c(s3)COCC4)CC1)CCC2. The molecule has 0 aromatic carbocycles. The molecule has 5 rings (SSSR count). The van der Waals surface area contributed by atoms with E-state index in [1.165, 1.54) is 10.6 Å². The van der Waals surface area contributed by atoms with Gasteiger partial charge in [0.05, 0.1) is 36.0 Å². The highest BCUT2D eigenvalue weighted by molar-refractivity contribution is 7.15. The predicted octanol–water partition coefficient (Wildman–Crippen LogP) is 1.08. The summed E-state index contributed by atoms with van der Waals surface area (Å²) in [6.45, 7) is 7.03. The molecule has 2 aliphatic heterocycles. The lowest BCUT2D eigenvalue weighted by molar-refractivity contribution is 0.112. The highest BCUT2D eigenvalue weighted by Gasteiger charge is 2.23. The van der Waals surface area contributed by atoms with Crippen LogP contribution >= 0.6 is 11.3 Å². The number of anilines is 1. The molecule has 0 bridgehead atoms. The van der Waals surface area contributed by atoms with Crippen molar-refractivity contribution in [2.24, 2.45) is 0 Å². The second kappa shape index (κ2) is 7.33. The van der Waals surface area contributed by atoms with Gasteiger partial charge in [0, 0.05) is 45.2 Å². The first-order valence-electron chi connectivity index (χ1n) is 9.90. The molecule has 1 aliphatic carbocycles. The molecule has 4 heterocycles. The van der Waals surface area contributed by atoms with Crippen molar-refractivity contribution < 1.29 is 4.74 Å². The third kappa shape index (κ3) is 3.53. The molecule has 2 aromatic heterocycles. The van der Waals surface area contributed by atoms with Gasteiger partial charge in [-0.3, -0.25) is 9.69 Å². The van der Waals surface area contributed by atoms with Gasteiger partial charge in [0.15, 0.2) is 5.13 Å². The van der Waals surface area contributed by atoms with Crippen molar-refractivity contribution in [3.63, 3.8) is 0 Å². The fourth-order valence-corrected chi connectivity index (χ4v) is 5.24. The monoisotopic (exact) mass is 387 g/mol. The number of rotatable bonds is 4. The molecule has 0 amide bonds. The Kier molecular flexibility index (Phi) is 4.71. The average molecular weight is 388 g/mol. The van der Waals surface area contributed by atoms with Crippen LogP contribution in [0.3, 0.4) is 0 Å². The lowest BCUT2D eigenvalue weighted by atomic mass is 10.2. The summed E-state index contributed by atoms with van der Waals surface area (Å²) in [6, 6.07) is 1.79. The van der Waals surface area contributed by atoms with Crippen LogP contribution in [0.25, 0.3) is 0 Å². The van der Waals surface area contributed by atoms with Crippen LogP contribution in [-0.4, -0.2) is 59.0 Å². The summed E-state index contributed by atoms with van der Waals surface area (Å²) < 4.78 is 7.19. The van der Waals surface area contributed by atoms with Crippen LogP contribution in [0, 0.1) is 0 Å². The standard InChI is InChI=1S/C19H25N5O2S/c25-18-12-14-2-1-3-15(14)21-24(18)10-7-22-5-8-23(9-6-22)19-20-16-4-11-26-13-17(16)27-19/h12H,1-11,13H2. The van der Waals surface area contributed by atoms with Gasteiger partial charge in [0.2, 0.25) is 0 Å². The van der Waals surface area contributed by atoms with E-state index in [4.69, 9.17) is 9.72 Å². The Bertz CT molecular complexity index is 861. The topological polar surface area (TPSA) is 63.5 Å². The third-order valence-electron chi connectivity index (χ3n) is 5.78. The van der Waals surface area contributed by atoms with Crippen LogP contribution in [0.15, 0.2) is 10.9 Å². The maximum absolute atomic E-state index is 12.2. The fourth-order valence-electron chi connectivity index (χ4n) is 4.15. The van der Waals surface area contributed by atoms with Gasteiger partial charge in [-0.05, 0) is 24.8 Å². The van der Waals surface area contributed by atoms with Crippen LogP contribution in [0.1, 0.15) is 28.2 Å². The summed E-state index contributed by atoms with van der Waals surface area (Å²) in [7, 11) is 0. The van der Waals surface area contributed by atoms with Crippen molar-refractivity contribution >= 4 is 16.5 Å². The molecule has 0 spiro atoms. The number of ether oxygens (including phenoxy) is 1. The molecule has 0 saturated carbocycles. The Morgan fingerprint density at radius 3 is 2.81 bits per heavy atom. The largest absolute Gasteiger partial charge is 0.375 e. The number of nitrogens with zero attached hydrogens (tertiary/aromatic N) is 5. The molecule has 7 nitrogen and oxygen atoms in total. The molecule has 1 fully saturated rings. The van der Waals surface area contributed by atoms with E-state index in [0.717, 1.165) is 88.0 Å². The van der Waals surface area contributed by atoms with Crippen molar-refractivity contribution in [3.8, 4) is 0 Å². The van der Waals surface area contributed by atoms with Crippen molar-refractivity contribution in [1.29, 1.82) is 0 Å². The minimum absolute atomic E-state index is 0.0462. The van der Waals surface area contributed by atoms with E-state index in [1.54, 1.807) is 22.1 Å². The number of piperazine rings is 1. The summed E-state index contributed by atoms with van der Waals surface area (Å²) in [4.78, 5) is 23.2. The Morgan fingerprint density at radius 1 is 1.07 bits per heavy atom. The number of fused-ring (bicyclic) bond motifs is 2. The minimum atomic E-state index is 0.0462. The van der Waals surface area contributed by atoms with Crippen LogP contribution in [-0.2, 0) is 37.2 Å². The number of hydrogen-bond donors (Lipinski definition) is 0. The van der Waals surface area contributed by atoms with E-state index in [0.29, 0.717) is 6.54 Å². The van der Waals surface area contributed by atoms with Crippen LogP contribution in [0.5, 0.6) is 0 Å². The van der Waals surface area contributed by atoms with Crippen LogP contribution in [0.4, 0.5) is 5.13 Å². The highest BCUT2D eigenvalue weighted by atomic mass is 32.1. The first kappa shape index (κ1) is 17.3. The Labute approximate surface area is 162 Å². The lowest BCUT2D eigenvalue weighted by Crippen LogP contribution is -2.47. The van der Waals surface area contributed by atoms with Crippen molar-refractivity contribution in [3.05, 3.63) is 38.2 Å². The van der Waals surface area contributed by atoms with Gasteiger partial charge in [-0.2, -0.15) is 5.10 Å². The number of thiazole rings is 1. The van der Waals surface area contributed by atoms with Gasteiger partial charge in [0.1, 0.15) is 0 Å². The minimum Gasteiger partial charge on any atom is -0.375 e.